The van der Waals surface area contributed by atoms with Crippen LogP contribution in [-0.4, -0.2) is 66.1 Å². The third-order valence-electron chi connectivity index (χ3n) is 8.73. The summed E-state index contributed by atoms with van der Waals surface area (Å²) >= 11 is 0. The molecule has 11 heteroatoms. The second-order valence-corrected chi connectivity index (χ2v) is 11.1. The van der Waals surface area contributed by atoms with Crippen LogP contribution in [0.2, 0.25) is 0 Å². The van der Waals surface area contributed by atoms with Crippen molar-refractivity contribution in [1.82, 2.24) is 45.3 Å². The van der Waals surface area contributed by atoms with E-state index in [1.807, 2.05) is 6.07 Å². The van der Waals surface area contributed by atoms with Gasteiger partial charge in [-0.2, -0.15) is 0 Å². The monoisotopic (exact) mass is 537 g/mol. The van der Waals surface area contributed by atoms with Gasteiger partial charge in [-0.25, -0.2) is 9.36 Å². The molecule has 2 saturated carbocycles. The Balaban J connectivity index is 1.43. The lowest BCUT2D eigenvalue weighted by Crippen LogP contribution is -2.36. The summed E-state index contributed by atoms with van der Waals surface area (Å²) in [6.07, 6.45) is 12.9. The highest BCUT2D eigenvalue weighted by atomic mass is 16.5. The van der Waals surface area contributed by atoms with Crippen LogP contribution in [0.4, 0.5) is 0 Å². The van der Waals surface area contributed by atoms with Crippen molar-refractivity contribution in [3.8, 4) is 11.5 Å². The van der Waals surface area contributed by atoms with Gasteiger partial charge >= 0.3 is 0 Å². The Hall–Kier alpha value is -3.08. The van der Waals surface area contributed by atoms with Gasteiger partial charge in [-0.05, 0) is 84.5 Å². The number of methoxy groups -OCH3 is 2. The van der Waals surface area contributed by atoms with Gasteiger partial charge in [0.15, 0.2) is 23.1 Å². The fraction of sp³-hybridized carbons (Fsp3) is 0.714. The standard InChI is InChI=1S/C28H43N9O2/c1-20(27-29-31-33-36(27)23-11-7-5-8-12-23)35(18-17-22-15-16-25(38-3)26(19-22)39-4)21(2)28-30-32-34-37(28)24-13-9-6-10-14-24/h15-16,19-21,23-24H,5-14,17-18H2,1-4H3. The number of benzene rings is 1. The van der Waals surface area contributed by atoms with E-state index in [9.17, 15) is 0 Å². The van der Waals surface area contributed by atoms with Crippen molar-refractivity contribution in [3.63, 3.8) is 0 Å². The van der Waals surface area contributed by atoms with Crippen LogP contribution in [0.25, 0.3) is 0 Å². The van der Waals surface area contributed by atoms with E-state index in [4.69, 9.17) is 9.47 Å². The van der Waals surface area contributed by atoms with Gasteiger partial charge in [-0.3, -0.25) is 4.90 Å². The Bertz CT molecular complexity index is 1120. The van der Waals surface area contributed by atoms with Crippen LogP contribution in [0.1, 0.15) is 119 Å². The Kier molecular flexibility index (Phi) is 9.06. The van der Waals surface area contributed by atoms with Crippen molar-refractivity contribution >= 4 is 0 Å². The Morgan fingerprint density at radius 2 is 1.28 bits per heavy atom. The van der Waals surface area contributed by atoms with Crippen LogP contribution in [0, 0.1) is 0 Å². The molecule has 2 fully saturated rings. The van der Waals surface area contributed by atoms with Crippen molar-refractivity contribution < 1.29 is 9.47 Å². The fourth-order valence-electron chi connectivity index (χ4n) is 6.44. The van der Waals surface area contributed by atoms with Crippen molar-refractivity contribution in [1.29, 1.82) is 0 Å². The zero-order valence-electron chi connectivity index (χ0n) is 23.9. The molecule has 0 radical (unpaired) electrons. The van der Waals surface area contributed by atoms with Crippen LogP contribution < -0.4 is 9.47 Å². The predicted octanol–water partition coefficient (Wildman–Crippen LogP) is 5.05. The SMILES string of the molecule is COc1ccc(CCN(C(C)c2nnnn2C2CCCCC2)C(C)c2nnnn2C2CCCCC2)cc1OC. The molecule has 2 atom stereocenters. The number of aromatic nitrogens is 8. The second-order valence-electron chi connectivity index (χ2n) is 11.1. The van der Waals surface area contributed by atoms with Crippen molar-refractivity contribution in [3.05, 3.63) is 35.4 Å². The topological polar surface area (TPSA) is 109 Å². The molecule has 0 spiro atoms. The lowest BCUT2D eigenvalue weighted by Gasteiger charge is -2.35. The molecule has 0 amide bonds. The van der Waals surface area contributed by atoms with E-state index in [2.05, 4.69) is 71.3 Å². The zero-order valence-corrected chi connectivity index (χ0v) is 23.9. The predicted molar refractivity (Wildman–Crippen MR) is 147 cm³/mol. The normalized spacial score (nSPS) is 18.8. The van der Waals surface area contributed by atoms with E-state index < -0.39 is 0 Å². The minimum absolute atomic E-state index is 0.0198. The maximum atomic E-state index is 5.56. The van der Waals surface area contributed by atoms with Crippen molar-refractivity contribution in [2.75, 3.05) is 20.8 Å². The van der Waals surface area contributed by atoms with Gasteiger partial charge in [0, 0.05) is 6.54 Å². The summed E-state index contributed by atoms with van der Waals surface area (Å²) in [6.45, 7) is 5.21. The Labute approximate surface area is 231 Å². The van der Waals surface area contributed by atoms with E-state index in [1.165, 1.54) is 44.1 Å². The second kappa shape index (κ2) is 12.8. The number of hydrogen-bond acceptors (Lipinski definition) is 9. The molecule has 39 heavy (non-hydrogen) atoms. The largest absolute Gasteiger partial charge is 0.493 e. The van der Waals surface area contributed by atoms with Crippen molar-refractivity contribution in [2.45, 2.75) is 109 Å². The highest BCUT2D eigenvalue weighted by molar-refractivity contribution is 5.43. The summed E-state index contributed by atoms with van der Waals surface area (Å²) in [5, 5.41) is 26.3. The van der Waals surface area contributed by atoms with E-state index in [0.29, 0.717) is 12.1 Å². The molecular formula is C28H43N9O2. The van der Waals surface area contributed by atoms with Crippen LogP contribution in [0.5, 0.6) is 11.5 Å². The Morgan fingerprint density at radius 1 is 0.769 bits per heavy atom. The molecule has 0 bridgehead atoms. The summed E-state index contributed by atoms with van der Waals surface area (Å²) in [4.78, 5) is 2.45. The molecule has 2 unspecified atom stereocenters. The molecule has 0 saturated heterocycles. The fourth-order valence-corrected chi connectivity index (χ4v) is 6.44. The van der Waals surface area contributed by atoms with Gasteiger partial charge in [-0.1, -0.05) is 44.6 Å². The summed E-state index contributed by atoms with van der Waals surface area (Å²) < 4.78 is 15.2. The molecule has 1 aromatic carbocycles. The Morgan fingerprint density at radius 3 is 1.77 bits per heavy atom. The summed E-state index contributed by atoms with van der Waals surface area (Å²) in [7, 11) is 3.34. The third kappa shape index (κ3) is 6.08. The number of nitrogens with zero attached hydrogens (tertiary/aromatic N) is 9. The number of hydrogen-bond donors (Lipinski definition) is 0. The van der Waals surface area contributed by atoms with Crippen molar-refractivity contribution in [2.24, 2.45) is 0 Å². The van der Waals surface area contributed by atoms with Gasteiger partial charge in [0.25, 0.3) is 0 Å². The molecule has 2 heterocycles. The van der Waals surface area contributed by atoms with Gasteiger partial charge in [0.05, 0.1) is 38.4 Å². The van der Waals surface area contributed by atoms with Gasteiger partial charge in [-0.15, -0.1) is 10.2 Å². The lowest BCUT2D eigenvalue weighted by molar-refractivity contribution is 0.130. The summed E-state index contributed by atoms with van der Waals surface area (Å²) in [5.41, 5.74) is 1.18. The first kappa shape index (κ1) is 27.5. The van der Waals surface area contributed by atoms with Gasteiger partial charge in [0.2, 0.25) is 0 Å². The lowest BCUT2D eigenvalue weighted by atomic mass is 9.95. The molecule has 0 aliphatic heterocycles. The average Bonchev–Trinajstić information content (AvgIpc) is 3.68. The highest BCUT2D eigenvalue weighted by Crippen LogP contribution is 2.36. The smallest absolute Gasteiger partial charge is 0.168 e. The maximum Gasteiger partial charge on any atom is 0.168 e. The first-order valence-corrected chi connectivity index (χ1v) is 14.6. The van der Waals surface area contributed by atoms with Crippen LogP contribution in [-0.2, 0) is 6.42 Å². The summed E-state index contributed by atoms with van der Waals surface area (Å²) in [5.74, 6) is 3.30. The van der Waals surface area contributed by atoms with Crippen LogP contribution >= 0.6 is 0 Å². The molecular weight excluding hydrogens is 494 g/mol. The minimum Gasteiger partial charge on any atom is -0.493 e. The number of ether oxygens (including phenoxy) is 2. The molecule has 11 nitrogen and oxygen atoms in total. The summed E-state index contributed by atoms with van der Waals surface area (Å²) in [6, 6.07) is 6.82. The molecule has 5 rings (SSSR count). The highest BCUT2D eigenvalue weighted by Gasteiger charge is 2.33. The number of tetrazole rings is 2. The first-order valence-electron chi connectivity index (χ1n) is 14.6. The zero-order chi connectivity index (χ0) is 27.2. The van der Waals surface area contributed by atoms with E-state index in [1.54, 1.807) is 14.2 Å². The minimum atomic E-state index is -0.0198. The van der Waals surface area contributed by atoms with E-state index in [-0.39, 0.29) is 12.1 Å². The van der Waals surface area contributed by atoms with E-state index in [0.717, 1.165) is 61.8 Å². The van der Waals surface area contributed by atoms with E-state index >= 15 is 0 Å². The van der Waals surface area contributed by atoms with Crippen LogP contribution in [0.15, 0.2) is 18.2 Å². The molecule has 3 aromatic rings. The van der Waals surface area contributed by atoms with Gasteiger partial charge in [0.1, 0.15) is 0 Å². The van der Waals surface area contributed by atoms with Crippen LogP contribution in [0.3, 0.4) is 0 Å². The first-order chi connectivity index (χ1) is 19.1. The maximum absolute atomic E-state index is 5.56. The quantitative estimate of drug-likeness (QED) is 0.332. The third-order valence-corrected chi connectivity index (χ3v) is 8.73. The number of rotatable bonds is 11. The molecule has 2 aliphatic rings. The molecule has 2 aromatic heterocycles. The van der Waals surface area contributed by atoms with Gasteiger partial charge < -0.3 is 9.47 Å². The molecule has 212 valence electrons. The molecule has 0 N–H and O–H groups in total. The average molecular weight is 538 g/mol. The molecule has 2 aliphatic carbocycles.